The molecule has 114 valence electrons. The van der Waals surface area contributed by atoms with E-state index in [2.05, 4.69) is 0 Å². The summed E-state index contributed by atoms with van der Waals surface area (Å²) in [6, 6.07) is 3.24. The molecule has 1 heterocycles. The van der Waals surface area contributed by atoms with E-state index in [9.17, 15) is 13.2 Å². The molecule has 1 aliphatic heterocycles. The van der Waals surface area contributed by atoms with Gasteiger partial charge in [0.15, 0.2) is 11.6 Å². The van der Waals surface area contributed by atoms with Crippen molar-refractivity contribution < 1.29 is 22.5 Å². The van der Waals surface area contributed by atoms with Crippen LogP contribution in [0.3, 0.4) is 0 Å². The largest absolute Gasteiger partial charge is 0.525 e. The van der Waals surface area contributed by atoms with Gasteiger partial charge in [-0.15, -0.1) is 0 Å². The summed E-state index contributed by atoms with van der Waals surface area (Å²) >= 11 is 0. The van der Waals surface area contributed by atoms with Crippen molar-refractivity contribution >= 4 is 12.7 Å². The summed E-state index contributed by atoms with van der Waals surface area (Å²) in [6.45, 7) is 8.73. The van der Waals surface area contributed by atoms with Gasteiger partial charge in [-0.05, 0) is 57.9 Å². The molecular weight excluding hydrogens is 280 g/mol. The maximum Gasteiger partial charge on any atom is 0.525 e. The van der Waals surface area contributed by atoms with E-state index < -0.39 is 35.7 Å². The highest BCUT2D eigenvalue weighted by atomic mass is 19.2. The van der Waals surface area contributed by atoms with E-state index in [1.807, 2.05) is 27.7 Å². The van der Waals surface area contributed by atoms with Gasteiger partial charge in [-0.25, -0.2) is 13.2 Å². The monoisotopic (exact) mass is 298 g/mol. The fourth-order valence-electron chi connectivity index (χ4n) is 1.99. The van der Waals surface area contributed by atoms with Crippen LogP contribution in [0.25, 0.3) is 5.57 Å². The second-order valence-electron chi connectivity index (χ2n) is 6.19. The van der Waals surface area contributed by atoms with Crippen molar-refractivity contribution in [1.82, 2.24) is 0 Å². The Labute approximate surface area is 123 Å². The number of benzene rings is 1. The molecule has 0 bridgehead atoms. The predicted molar refractivity (Wildman–Crippen MR) is 76.1 cm³/mol. The third kappa shape index (κ3) is 2.87. The van der Waals surface area contributed by atoms with Crippen LogP contribution in [-0.2, 0) is 9.31 Å². The lowest BCUT2D eigenvalue weighted by Crippen LogP contribution is -2.41. The van der Waals surface area contributed by atoms with Crippen molar-refractivity contribution in [3.8, 4) is 0 Å². The molecule has 1 aromatic rings. The summed E-state index contributed by atoms with van der Waals surface area (Å²) in [4.78, 5) is 0. The highest BCUT2D eigenvalue weighted by molar-refractivity contribution is 6.55. The Bertz CT molecular complexity index is 581. The number of rotatable bonds is 2. The lowest BCUT2D eigenvalue weighted by molar-refractivity contribution is 0.00578. The second-order valence-corrected chi connectivity index (χ2v) is 6.19. The average Bonchev–Trinajstić information content (AvgIpc) is 2.60. The van der Waals surface area contributed by atoms with E-state index in [0.717, 1.165) is 12.1 Å². The van der Waals surface area contributed by atoms with Gasteiger partial charge < -0.3 is 9.31 Å². The van der Waals surface area contributed by atoms with Gasteiger partial charge in [-0.3, -0.25) is 0 Å². The first-order valence-corrected chi connectivity index (χ1v) is 6.72. The molecule has 0 aromatic heterocycles. The molecule has 1 aromatic carbocycles. The van der Waals surface area contributed by atoms with Gasteiger partial charge in [0.2, 0.25) is 0 Å². The summed E-state index contributed by atoms with van der Waals surface area (Å²) in [5.41, 5.74) is -1.56. The molecule has 0 amide bonds. The molecule has 1 aliphatic rings. The number of hydrogen-bond acceptors (Lipinski definition) is 2. The Kier molecular flexibility index (Phi) is 3.97. The van der Waals surface area contributed by atoms with Gasteiger partial charge >= 0.3 is 7.12 Å². The van der Waals surface area contributed by atoms with Gasteiger partial charge in [0.25, 0.3) is 0 Å². The molecule has 0 aliphatic carbocycles. The zero-order valence-corrected chi connectivity index (χ0v) is 12.8. The molecular formula is C15H18BF3O2. The average molecular weight is 298 g/mol. The van der Waals surface area contributed by atoms with Gasteiger partial charge in [0, 0.05) is 0 Å². The van der Waals surface area contributed by atoms with Crippen LogP contribution in [0, 0.1) is 11.6 Å². The van der Waals surface area contributed by atoms with Crippen LogP contribution in [0.2, 0.25) is 0 Å². The molecule has 0 saturated carbocycles. The molecule has 0 spiro atoms. The standard InChI is InChI=1S/C15H18BF3O2/c1-9(10-6-7-11(17)12(18)8-10)13(19)16-20-14(2,3)15(4,5)21-16/h6-8H,1-5H3. The van der Waals surface area contributed by atoms with Crippen LogP contribution >= 0.6 is 0 Å². The van der Waals surface area contributed by atoms with Crippen molar-refractivity contribution in [3.05, 3.63) is 41.1 Å². The third-order valence-corrected chi connectivity index (χ3v) is 4.17. The van der Waals surface area contributed by atoms with Crippen molar-refractivity contribution in [2.45, 2.75) is 45.8 Å². The van der Waals surface area contributed by atoms with Gasteiger partial charge in [0.05, 0.1) is 11.2 Å². The van der Waals surface area contributed by atoms with E-state index in [4.69, 9.17) is 9.31 Å². The van der Waals surface area contributed by atoms with E-state index >= 15 is 0 Å². The van der Waals surface area contributed by atoms with Gasteiger partial charge in [0.1, 0.15) is 5.73 Å². The Hall–Kier alpha value is -1.27. The molecule has 0 atom stereocenters. The van der Waals surface area contributed by atoms with E-state index in [0.29, 0.717) is 0 Å². The van der Waals surface area contributed by atoms with Crippen molar-refractivity contribution in [2.24, 2.45) is 0 Å². The maximum absolute atomic E-state index is 14.5. The summed E-state index contributed by atoms with van der Waals surface area (Å²) in [7, 11) is -1.15. The molecule has 2 rings (SSSR count). The molecule has 1 fully saturated rings. The van der Waals surface area contributed by atoms with Crippen LogP contribution in [-0.4, -0.2) is 18.3 Å². The normalized spacial score (nSPS) is 21.4. The predicted octanol–water partition coefficient (Wildman–Crippen LogP) is 4.30. The Morgan fingerprint density at radius 2 is 1.52 bits per heavy atom. The van der Waals surface area contributed by atoms with Crippen LogP contribution in [0.5, 0.6) is 0 Å². The van der Waals surface area contributed by atoms with Crippen LogP contribution < -0.4 is 0 Å². The first-order chi connectivity index (χ1) is 9.55. The number of allylic oxidation sites excluding steroid dienone is 1. The fourth-order valence-corrected chi connectivity index (χ4v) is 1.99. The van der Waals surface area contributed by atoms with Crippen LogP contribution in [0.4, 0.5) is 13.2 Å². The van der Waals surface area contributed by atoms with Crippen molar-refractivity contribution in [3.63, 3.8) is 0 Å². The molecule has 0 unspecified atom stereocenters. The molecule has 0 radical (unpaired) electrons. The maximum atomic E-state index is 14.5. The van der Waals surface area contributed by atoms with Gasteiger partial charge in [-0.2, -0.15) is 0 Å². The third-order valence-electron chi connectivity index (χ3n) is 4.17. The molecule has 0 N–H and O–H groups in total. The number of halogens is 3. The lowest BCUT2D eigenvalue weighted by atomic mass is 9.83. The zero-order valence-electron chi connectivity index (χ0n) is 12.8. The quantitative estimate of drug-likeness (QED) is 0.758. The van der Waals surface area contributed by atoms with E-state index in [1.165, 1.54) is 13.0 Å². The minimum atomic E-state index is -1.15. The van der Waals surface area contributed by atoms with E-state index in [-0.39, 0.29) is 11.1 Å². The minimum Gasteiger partial charge on any atom is -0.398 e. The zero-order chi connectivity index (χ0) is 16.0. The Morgan fingerprint density at radius 1 is 1.00 bits per heavy atom. The van der Waals surface area contributed by atoms with E-state index in [1.54, 1.807) is 0 Å². The first kappa shape index (κ1) is 16.1. The summed E-state index contributed by atoms with van der Waals surface area (Å²) in [5, 5.41) is 0. The topological polar surface area (TPSA) is 18.5 Å². The number of hydrogen-bond donors (Lipinski definition) is 0. The van der Waals surface area contributed by atoms with Crippen molar-refractivity contribution in [2.75, 3.05) is 0 Å². The highest BCUT2D eigenvalue weighted by Crippen LogP contribution is 2.40. The minimum absolute atomic E-state index is 0.160. The summed E-state index contributed by atoms with van der Waals surface area (Å²) < 4.78 is 51.9. The van der Waals surface area contributed by atoms with Gasteiger partial charge in [-0.1, -0.05) is 6.07 Å². The summed E-state index contributed by atoms with van der Waals surface area (Å²) in [6.07, 6.45) is 0. The van der Waals surface area contributed by atoms with Crippen LogP contribution in [0.15, 0.2) is 23.9 Å². The molecule has 21 heavy (non-hydrogen) atoms. The van der Waals surface area contributed by atoms with Crippen LogP contribution in [0.1, 0.15) is 40.2 Å². The smallest absolute Gasteiger partial charge is 0.398 e. The van der Waals surface area contributed by atoms with Crippen molar-refractivity contribution in [1.29, 1.82) is 0 Å². The molecule has 1 saturated heterocycles. The SMILES string of the molecule is CC(=C(F)B1OC(C)(C)C(C)(C)O1)c1ccc(F)c(F)c1. The molecule has 2 nitrogen and oxygen atoms in total. The fraction of sp³-hybridized carbons (Fsp3) is 0.467. The Morgan fingerprint density at radius 3 is 2.00 bits per heavy atom. The highest BCUT2D eigenvalue weighted by Gasteiger charge is 2.53. The lowest BCUT2D eigenvalue weighted by Gasteiger charge is -2.32. The summed E-state index contributed by atoms with van der Waals surface area (Å²) in [5.74, 6) is -1.99. The first-order valence-electron chi connectivity index (χ1n) is 6.72. The molecule has 6 heteroatoms. The Balaban J connectivity index is 2.34. The second kappa shape index (κ2) is 5.18.